The second-order valence-electron chi connectivity index (χ2n) is 8.51. The van der Waals surface area contributed by atoms with Gasteiger partial charge in [-0.3, -0.25) is 18.7 Å². The van der Waals surface area contributed by atoms with Gasteiger partial charge in [0.05, 0.1) is 23.5 Å². The summed E-state index contributed by atoms with van der Waals surface area (Å²) in [6.45, 7) is 4.01. The average Bonchev–Trinajstić information content (AvgIpc) is 3.13. The van der Waals surface area contributed by atoms with Crippen molar-refractivity contribution in [2.45, 2.75) is 71.8 Å². The smallest absolute Gasteiger partial charge is 0.390 e. The minimum Gasteiger partial charge on any atom is -0.393 e. The summed E-state index contributed by atoms with van der Waals surface area (Å²) in [5.74, 6) is -1.14. The molecule has 0 bridgehead atoms. The summed E-state index contributed by atoms with van der Waals surface area (Å²) in [5.41, 5.74) is -3.00. The SMILES string of the molecule is CCC(O)CCN(C)C(=O)c1sc2c(c1C(F)F)c(=O)n(CC(C)C)c(=O)n2CCC(F)(F)F. The number of thiophene rings is 1. The summed E-state index contributed by atoms with van der Waals surface area (Å²) in [7, 11) is 1.33. The molecule has 0 radical (unpaired) electrons. The van der Waals surface area contributed by atoms with Crippen molar-refractivity contribution in [1.29, 1.82) is 0 Å². The Kier molecular flexibility index (Phi) is 9.03. The number of aryl methyl sites for hydroxylation is 1. The number of hydrogen-bond acceptors (Lipinski definition) is 5. The lowest BCUT2D eigenvalue weighted by molar-refractivity contribution is -0.136. The number of carbonyl (C=O) groups excluding carboxylic acids is 1. The first-order chi connectivity index (χ1) is 15.7. The molecule has 1 unspecified atom stereocenters. The van der Waals surface area contributed by atoms with E-state index in [9.17, 15) is 41.4 Å². The molecule has 1 amide bonds. The first-order valence-corrected chi connectivity index (χ1v) is 11.6. The molecule has 2 rings (SSSR count). The number of halogens is 5. The van der Waals surface area contributed by atoms with E-state index in [1.807, 2.05) is 0 Å². The average molecular weight is 514 g/mol. The van der Waals surface area contributed by atoms with Gasteiger partial charge in [0.25, 0.3) is 17.9 Å². The lowest BCUT2D eigenvalue weighted by Crippen LogP contribution is -2.41. The second-order valence-corrected chi connectivity index (χ2v) is 9.51. The number of nitrogens with zero attached hydrogens (tertiary/aromatic N) is 3. The highest BCUT2D eigenvalue weighted by molar-refractivity contribution is 7.20. The lowest BCUT2D eigenvalue weighted by Gasteiger charge is -2.18. The van der Waals surface area contributed by atoms with Crippen LogP contribution in [0.25, 0.3) is 10.2 Å². The van der Waals surface area contributed by atoms with Gasteiger partial charge < -0.3 is 10.0 Å². The van der Waals surface area contributed by atoms with E-state index in [0.717, 1.165) is 4.90 Å². The van der Waals surface area contributed by atoms with Crippen LogP contribution >= 0.6 is 11.3 Å². The van der Waals surface area contributed by atoms with E-state index in [-0.39, 0.29) is 30.3 Å². The molecule has 1 atom stereocenters. The molecule has 13 heteroatoms. The molecule has 0 saturated carbocycles. The van der Waals surface area contributed by atoms with Gasteiger partial charge >= 0.3 is 11.9 Å². The van der Waals surface area contributed by atoms with E-state index in [1.54, 1.807) is 20.8 Å². The zero-order chi connectivity index (χ0) is 26.0. The van der Waals surface area contributed by atoms with Crippen LogP contribution in [0.1, 0.15) is 61.7 Å². The Bertz CT molecular complexity index is 1140. The molecule has 1 N–H and O–H groups in total. The van der Waals surface area contributed by atoms with Gasteiger partial charge in [-0.05, 0) is 18.8 Å². The Morgan fingerprint density at radius 1 is 1.18 bits per heavy atom. The molecule has 7 nitrogen and oxygen atoms in total. The van der Waals surface area contributed by atoms with E-state index in [0.29, 0.717) is 26.9 Å². The van der Waals surface area contributed by atoms with Gasteiger partial charge in [0.2, 0.25) is 0 Å². The molecule has 0 spiro atoms. The van der Waals surface area contributed by atoms with Crippen LogP contribution in [0.3, 0.4) is 0 Å². The summed E-state index contributed by atoms with van der Waals surface area (Å²) in [5, 5.41) is 9.10. The maximum absolute atomic E-state index is 14.1. The van der Waals surface area contributed by atoms with Gasteiger partial charge in [0, 0.05) is 26.7 Å². The molecule has 0 saturated heterocycles. The predicted molar refractivity (Wildman–Crippen MR) is 119 cm³/mol. The van der Waals surface area contributed by atoms with E-state index in [1.165, 1.54) is 7.05 Å². The maximum atomic E-state index is 14.1. The van der Waals surface area contributed by atoms with Crippen molar-refractivity contribution in [3.63, 3.8) is 0 Å². The Hall–Kier alpha value is -2.28. The Balaban J connectivity index is 2.77. The minimum absolute atomic E-state index is 0.0310. The number of aliphatic hydroxyl groups excluding tert-OH is 1. The first-order valence-electron chi connectivity index (χ1n) is 10.8. The van der Waals surface area contributed by atoms with E-state index in [2.05, 4.69) is 0 Å². The molecular formula is C21H28F5N3O4S. The number of fused-ring (bicyclic) bond motifs is 1. The highest BCUT2D eigenvalue weighted by Gasteiger charge is 2.33. The van der Waals surface area contributed by atoms with Crippen molar-refractivity contribution >= 4 is 27.5 Å². The Labute approximate surface area is 196 Å². The van der Waals surface area contributed by atoms with E-state index < -0.39 is 64.7 Å². The van der Waals surface area contributed by atoms with Gasteiger partial charge in [-0.25, -0.2) is 13.6 Å². The number of carbonyl (C=O) groups is 1. The summed E-state index contributed by atoms with van der Waals surface area (Å²) in [6.07, 6.45) is -9.42. The summed E-state index contributed by atoms with van der Waals surface area (Å²) < 4.78 is 68.3. The van der Waals surface area contributed by atoms with E-state index >= 15 is 0 Å². The molecule has 0 aliphatic rings. The summed E-state index contributed by atoms with van der Waals surface area (Å²) in [4.78, 5) is 39.1. The molecular weight excluding hydrogens is 485 g/mol. The number of aromatic nitrogens is 2. The third kappa shape index (κ3) is 6.23. The van der Waals surface area contributed by atoms with Crippen LogP contribution in [0.5, 0.6) is 0 Å². The maximum Gasteiger partial charge on any atom is 0.390 e. The van der Waals surface area contributed by atoms with Gasteiger partial charge in [-0.15, -0.1) is 11.3 Å². The zero-order valence-electron chi connectivity index (χ0n) is 19.3. The molecule has 0 aliphatic heterocycles. The third-order valence-electron chi connectivity index (χ3n) is 5.29. The van der Waals surface area contributed by atoms with Crippen LogP contribution in [-0.4, -0.2) is 50.9 Å². The van der Waals surface area contributed by atoms with E-state index in [4.69, 9.17) is 0 Å². The highest BCUT2D eigenvalue weighted by atomic mass is 32.1. The number of alkyl halides is 5. The van der Waals surface area contributed by atoms with Crippen LogP contribution in [0.2, 0.25) is 0 Å². The second kappa shape index (κ2) is 11.0. The fourth-order valence-corrected chi connectivity index (χ4v) is 4.75. The number of aliphatic hydroxyl groups is 1. The largest absolute Gasteiger partial charge is 0.393 e. The molecule has 2 aromatic heterocycles. The van der Waals surface area contributed by atoms with Crippen LogP contribution in [0, 0.1) is 5.92 Å². The molecule has 2 aromatic rings. The molecule has 192 valence electrons. The summed E-state index contributed by atoms with van der Waals surface area (Å²) >= 11 is 0.410. The van der Waals surface area contributed by atoms with Crippen molar-refractivity contribution in [2.75, 3.05) is 13.6 Å². The lowest BCUT2D eigenvalue weighted by atomic mass is 10.1. The monoisotopic (exact) mass is 513 g/mol. The molecule has 0 fully saturated rings. The normalized spacial score (nSPS) is 13.3. The van der Waals surface area contributed by atoms with Gasteiger partial charge in [-0.2, -0.15) is 13.2 Å². The van der Waals surface area contributed by atoms with Gasteiger partial charge in [-0.1, -0.05) is 20.8 Å². The third-order valence-corrected chi connectivity index (χ3v) is 6.50. The standard InChI is InChI=1S/C21H28F5N3O4S/c1-5-12(30)6-8-27(4)18(32)15-13(16(22)23)14-17(31)29(10-11(2)3)20(33)28(19(14)34-15)9-7-21(24,25)26/h11-12,16,30H,5-10H2,1-4H3. The summed E-state index contributed by atoms with van der Waals surface area (Å²) in [6, 6.07) is 0. The first kappa shape index (κ1) is 28.0. The predicted octanol–water partition coefficient (Wildman–Crippen LogP) is 4.00. The Morgan fingerprint density at radius 3 is 2.29 bits per heavy atom. The van der Waals surface area contributed by atoms with Crippen molar-refractivity contribution in [3.05, 3.63) is 31.3 Å². The molecule has 0 aromatic carbocycles. The number of amides is 1. The highest BCUT2D eigenvalue weighted by Crippen LogP contribution is 2.36. The Morgan fingerprint density at radius 2 is 1.79 bits per heavy atom. The van der Waals surface area contributed by atoms with Crippen LogP contribution < -0.4 is 11.2 Å². The van der Waals surface area contributed by atoms with Gasteiger partial charge in [0.15, 0.2) is 0 Å². The van der Waals surface area contributed by atoms with Crippen LogP contribution in [0.4, 0.5) is 22.0 Å². The fraction of sp³-hybridized carbons (Fsp3) is 0.667. The molecule has 0 aliphatic carbocycles. The molecule has 34 heavy (non-hydrogen) atoms. The minimum atomic E-state index is -4.63. The van der Waals surface area contributed by atoms with Crippen molar-refractivity contribution in [2.24, 2.45) is 5.92 Å². The quantitative estimate of drug-likeness (QED) is 0.487. The number of hydrogen-bond donors (Lipinski definition) is 1. The molecule has 2 heterocycles. The van der Waals surface area contributed by atoms with Crippen molar-refractivity contribution in [1.82, 2.24) is 14.0 Å². The van der Waals surface area contributed by atoms with Crippen LogP contribution in [-0.2, 0) is 13.1 Å². The van der Waals surface area contributed by atoms with Crippen molar-refractivity contribution in [3.8, 4) is 0 Å². The van der Waals surface area contributed by atoms with Crippen LogP contribution in [0.15, 0.2) is 9.59 Å². The zero-order valence-corrected chi connectivity index (χ0v) is 20.1. The van der Waals surface area contributed by atoms with Crippen molar-refractivity contribution < 1.29 is 31.9 Å². The number of rotatable bonds is 10. The topological polar surface area (TPSA) is 84.5 Å². The van der Waals surface area contributed by atoms with Gasteiger partial charge in [0.1, 0.15) is 9.71 Å². The fourth-order valence-electron chi connectivity index (χ4n) is 3.43.